The molecule has 0 saturated carbocycles. The van der Waals surface area contributed by atoms with E-state index in [2.05, 4.69) is 64.0 Å². The van der Waals surface area contributed by atoms with Crippen LogP contribution in [-0.2, 0) is 17.6 Å². The minimum Gasteiger partial charge on any atom is -0.396 e. The molecule has 39 heavy (non-hydrogen) atoms. The Kier molecular flexibility index (Phi) is 10.8. The molecule has 6 atom stereocenters. The number of rotatable bonds is 13. The summed E-state index contributed by atoms with van der Waals surface area (Å²) in [5.41, 5.74) is 0.839. The second-order valence-electron chi connectivity index (χ2n) is 10.8. The Hall–Kier alpha value is -2.47. The highest BCUT2D eigenvalue weighted by molar-refractivity contribution is 7.15. The second kappa shape index (κ2) is 14.2. The fraction of sp³-hybridized carbons (Fsp3) is 0.607. The highest BCUT2D eigenvalue weighted by atomic mass is 32.1. The molecule has 4 rings (SSSR count). The van der Waals surface area contributed by atoms with Gasteiger partial charge in [-0.3, -0.25) is 10.1 Å². The molecule has 2 aliphatic rings. The van der Waals surface area contributed by atoms with Crippen LogP contribution in [0.25, 0.3) is 0 Å². The van der Waals surface area contributed by atoms with Crippen LogP contribution in [0.3, 0.4) is 0 Å². The fourth-order valence-corrected chi connectivity index (χ4v) is 7.18. The molecule has 0 bridgehead atoms. The van der Waals surface area contributed by atoms with E-state index >= 15 is 0 Å². The van der Waals surface area contributed by atoms with Crippen molar-refractivity contribution in [2.75, 3.05) is 30.4 Å². The summed E-state index contributed by atoms with van der Waals surface area (Å²) in [5.74, 6) is 1.09. The van der Waals surface area contributed by atoms with Gasteiger partial charge in [-0.05, 0) is 48.5 Å². The molecule has 1 amide bonds. The van der Waals surface area contributed by atoms with Gasteiger partial charge in [0, 0.05) is 31.9 Å². The Balaban J connectivity index is 1.22. The van der Waals surface area contributed by atoms with Gasteiger partial charge in [0.1, 0.15) is 10.0 Å². The first-order valence-corrected chi connectivity index (χ1v) is 15.5. The standard InChI is InChI=1S/C28H40N6O3S2/c1-17-7-4-10-20(13-17)22(16-36)26(37)30-28-34-32-24(39-28)12-6-11-23-31-33-27(38-23)29-14-21(15-35)25-18(2)8-5-9-19(25)3/h4-5,8,10,13,17-19,21-22,25,35-36H,6-7,9,11-12,14-16H2,1-3H3,(H,29,33)(H,30,34,37). The lowest BCUT2D eigenvalue weighted by Gasteiger charge is -2.36. The number of anilines is 2. The molecular weight excluding hydrogens is 532 g/mol. The summed E-state index contributed by atoms with van der Waals surface area (Å²) >= 11 is 2.91. The normalized spacial score (nSPS) is 24.3. The van der Waals surface area contributed by atoms with E-state index in [0.29, 0.717) is 35.3 Å². The van der Waals surface area contributed by atoms with Crippen LogP contribution in [0.1, 0.15) is 50.0 Å². The molecule has 0 spiro atoms. The zero-order valence-corrected chi connectivity index (χ0v) is 24.5. The van der Waals surface area contributed by atoms with Gasteiger partial charge in [0.25, 0.3) is 0 Å². The Labute approximate surface area is 238 Å². The van der Waals surface area contributed by atoms with Gasteiger partial charge >= 0.3 is 0 Å². The topological polar surface area (TPSA) is 133 Å². The van der Waals surface area contributed by atoms with Crippen molar-refractivity contribution in [2.24, 2.45) is 35.5 Å². The minimum absolute atomic E-state index is 0.158. The van der Waals surface area contributed by atoms with Gasteiger partial charge in [-0.2, -0.15) is 0 Å². The SMILES string of the molecule is CC1C=C(C(CO)C(=O)Nc2nnc(CCCc3nnc(NCC(CO)C4C(C)C=CCC4C)s3)s2)C=CC1. The number of allylic oxidation sites excluding steroid dienone is 5. The van der Waals surface area contributed by atoms with Crippen LogP contribution in [0.15, 0.2) is 36.0 Å². The van der Waals surface area contributed by atoms with Crippen LogP contribution in [0.4, 0.5) is 10.3 Å². The predicted molar refractivity (Wildman–Crippen MR) is 157 cm³/mol. The molecule has 0 fully saturated rings. The quantitative estimate of drug-likeness (QED) is 0.258. The highest BCUT2D eigenvalue weighted by Crippen LogP contribution is 2.36. The lowest BCUT2D eigenvalue weighted by atomic mass is 9.70. The first-order valence-electron chi connectivity index (χ1n) is 13.8. The third-order valence-electron chi connectivity index (χ3n) is 7.65. The summed E-state index contributed by atoms with van der Waals surface area (Å²) in [4.78, 5) is 12.8. The molecule has 0 aliphatic heterocycles. The number of nitrogens with one attached hydrogen (secondary N) is 2. The van der Waals surface area contributed by atoms with Crippen LogP contribution in [0, 0.1) is 35.5 Å². The number of amides is 1. The molecule has 9 nitrogen and oxygen atoms in total. The molecule has 2 aliphatic carbocycles. The number of hydrogen-bond acceptors (Lipinski definition) is 10. The van der Waals surface area contributed by atoms with Gasteiger partial charge in [-0.15, -0.1) is 20.4 Å². The van der Waals surface area contributed by atoms with Crippen molar-refractivity contribution in [3.8, 4) is 0 Å². The van der Waals surface area contributed by atoms with Crippen molar-refractivity contribution >= 4 is 38.8 Å². The molecule has 2 aromatic rings. The highest BCUT2D eigenvalue weighted by Gasteiger charge is 2.31. The number of carbonyl (C=O) groups is 1. The molecule has 2 heterocycles. The molecule has 0 radical (unpaired) electrons. The van der Waals surface area contributed by atoms with Crippen LogP contribution >= 0.6 is 22.7 Å². The lowest BCUT2D eigenvalue weighted by molar-refractivity contribution is -0.119. The summed E-state index contributed by atoms with van der Waals surface area (Å²) in [6, 6.07) is 0. The summed E-state index contributed by atoms with van der Waals surface area (Å²) in [6.45, 7) is 7.18. The predicted octanol–water partition coefficient (Wildman–Crippen LogP) is 4.50. The van der Waals surface area contributed by atoms with Gasteiger partial charge in [-0.1, -0.05) is 73.8 Å². The first-order chi connectivity index (χ1) is 18.9. The monoisotopic (exact) mass is 572 g/mol. The third-order valence-corrected chi connectivity index (χ3v) is 9.49. The van der Waals surface area contributed by atoms with E-state index in [1.807, 2.05) is 18.2 Å². The van der Waals surface area contributed by atoms with Gasteiger partial charge in [0.2, 0.25) is 16.2 Å². The molecule has 4 N–H and O–H groups in total. The number of carbonyl (C=O) groups excluding carboxylic acids is 1. The minimum atomic E-state index is -0.615. The van der Waals surface area contributed by atoms with E-state index in [4.69, 9.17) is 0 Å². The van der Waals surface area contributed by atoms with Gasteiger partial charge < -0.3 is 15.5 Å². The van der Waals surface area contributed by atoms with Crippen molar-refractivity contribution < 1.29 is 15.0 Å². The second-order valence-corrected chi connectivity index (χ2v) is 12.9. The van der Waals surface area contributed by atoms with Gasteiger partial charge in [0.15, 0.2) is 0 Å². The Morgan fingerprint density at radius 1 is 1.00 bits per heavy atom. The van der Waals surface area contributed by atoms with E-state index in [0.717, 1.165) is 52.8 Å². The lowest BCUT2D eigenvalue weighted by Crippen LogP contribution is -2.35. The smallest absolute Gasteiger partial charge is 0.236 e. The number of aliphatic hydroxyl groups is 2. The molecule has 0 aromatic carbocycles. The summed E-state index contributed by atoms with van der Waals surface area (Å²) in [6.07, 6.45) is 14.9. The van der Waals surface area contributed by atoms with E-state index in [9.17, 15) is 15.0 Å². The molecule has 212 valence electrons. The Bertz CT molecular complexity index is 1180. The zero-order valence-electron chi connectivity index (χ0n) is 22.9. The molecular formula is C28H40N6O3S2. The number of aryl methyl sites for hydroxylation is 2. The largest absolute Gasteiger partial charge is 0.396 e. The van der Waals surface area contributed by atoms with E-state index in [1.54, 1.807) is 11.3 Å². The van der Waals surface area contributed by atoms with Crippen LogP contribution in [0.2, 0.25) is 0 Å². The van der Waals surface area contributed by atoms with E-state index < -0.39 is 5.92 Å². The van der Waals surface area contributed by atoms with E-state index in [-0.39, 0.29) is 25.0 Å². The third kappa shape index (κ3) is 8.03. The van der Waals surface area contributed by atoms with Crippen molar-refractivity contribution in [2.45, 2.75) is 52.9 Å². The average Bonchev–Trinajstić information content (AvgIpc) is 3.55. The Morgan fingerprint density at radius 2 is 1.72 bits per heavy atom. The van der Waals surface area contributed by atoms with Gasteiger partial charge in [0.05, 0.1) is 12.5 Å². The van der Waals surface area contributed by atoms with Crippen molar-refractivity contribution in [1.82, 2.24) is 20.4 Å². The zero-order chi connectivity index (χ0) is 27.8. The number of aliphatic hydroxyl groups excluding tert-OH is 2. The molecule has 6 unspecified atom stereocenters. The van der Waals surface area contributed by atoms with Crippen LogP contribution in [0.5, 0.6) is 0 Å². The van der Waals surface area contributed by atoms with E-state index in [1.165, 1.54) is 11.3 Å². The molecule has 0 saturated heterocycles. The average molecular weight is 573 g/mol. The van der Waals surface area contributed by atoms with Crippen molar-refractivity contribution in [3.63, 3.8) is 0 Å². The van der Waals surface area contributed by atoms with Crippen LogP contribution < -0.4 is 10.6 Å². The summed E-state index contributed by atoms with van der Waals surface area (Å²) in [7, 11) is 0. The van der Waals surface area contributed by atoms with Crippen molar-refractivity contribution in [3.05, 3.63) is 46.0 Å². The van der Waals surface area contributed by atoms with Gasteiger partial charge in [-0.25, -0.2) is 0 Å². The maximum absolute atomic E-state index is 12.8. The first kappa shape index (κ1) is 29.5. The van der Waals surface area contributed by atoms with Crippen molar-refractivity contribution in [1.29, 1.82) is 0 Å². The maximum Gasteiger partial charge on any atom is 0.236 e. The maximum atomic E-state index is 12.8. The summed E-state index contributed by atoms with van der Waals surface area (Å²) < 4.78 is 0. The Morgan fingerprint density at radius 3 is 2.38 bits per heavy atom. The summed E-state index contributed by atoms with van der Waals surface area (Å²) in [5, 5.41) is 46.0. The number of aromatic nitrogens is 4. The number of hydrogen-bond donors (Lipinski definition) is 4. The number of nitrogens with zero attached hydrogens (tertiary/aromatic N) is 4. The molecule has 2 aromatic heterocycles. The van der Waals surface area contributed by atoms with Crippen LogP contribution in [-0.4, -0.2) is 56.3 Å². The fourth-order valence-electron chi connectivity index (χ4n) is 5.60. The molecule has 11 heteroatoms.